The summed E-state index contributed by atoms with van der Waals surface area (Å²) in [5, 5.41) is 13.3. The van der Waals surface area contributed by atoms with Crippen molar-refractivity contribution < 1.29 is 9.47 Å². The SMILES string of the molecule is CC(C)Oc1c(NCC2CCOC2C)sc(C#N)c1N. The number of nitrogens with zero attached hydrogens (tertiary/aromatic N) is 1. The van der Waals surface area contributed by atoms with Gasteiger partial charge in [0.05, 0.1) is 12.2 Å². The van der Waals surface area contributed by atoms with Gasteiger partial charge in [0.1, 0.15) is 21.6 Å². The molecule has 2 atom stereocenters. The van der Waals surface area contributed by atoms with E-state index in [-0.39, 0.29) is 12.2 Å². The Labute approximate surface area is 123 Å². The molecule has 0 radical (unpaired) electrons. The fourth-order valence-electron chi connectivity index (χ4n) is 2.25. The van der Waals surface area contributed by atoms with Crippen molar-refractivity contribution in [2.75, 3.05) is 24.2 Å². The molecular weight excluding hydrogens is 274 g/mol. The summed E-state index contributed by atoms with van der Waals surface area (Å²) in [5.74, 6) is 1.09. The van der Waals surface area contributed by atoms with Gasteiger partial charge in [-0.3, -0.25) is 0 Å². The molecule has 0 spiro atoms. The van der Waals surface area contributed by atoms with Gasteiger partial charge in [-0.25, -0.2) is 0 Å². The first-order chi connectivity index (χ1) is 9.52. The molecule has 0 amide bonds. The van der Waals surface area contributed by atoms with Gasteiger partial charge < -0.3 is 20.5 Å². The monoisotopic (exact) mass is 295 g/mol. The predicted molar refractivity (Wildman–Crippen MR) is 81.2 cm³/mol. The van der Waals surface area contributed by atoms with E-state index in [0.29, 0.717) is 22.2 Å². The van der Waals surface area contributed by atoms with E-state index < -0.39 is 0 Å². The zero-order valence-corrected chi connectivity index (χ0v) is 12.9. The summed E-state index contributed by atoms with van der Waals surface area (Å²) in [5.41, 5.74) is 6.41. The molecule has 0 aliphatic carbocycles. The van der Waals surface area contributed by atoms with E-state index in [1.807, 2.05) is 13.8 Å². The van der Waals surface area contributed by atoms with E-state index >= 15 is 0 Å². The lowest BCUT2D eigenvalue weighted by atomic mass is 10.0. The zero-order chi connectivity index (χ0) is 14.7. The van der Waals surface area contributed by atoms with Crippen LogP contribution in [0.3, 0.4) is 0 Å². The molecule has 0 bridgehead atoms. The summed E-state index contributed by atoms with van der Waals surface area (Å²) in [7, 11) is 0. The quantitative estimate of drug-likeness (QED) is 0.873. The molecule has 1 aromatic heterocycles. The number of hydrogen-bond acceptors (Lipinski definition) is 6. The number of nitriles is 1. The van der Waals surface area contributed by atoms with Crippen molar-refractivity contribution in [2.24, 2.45) is 5.92 Å². The van der Waals surface area contributed by atoms with Crippen molar-refractivity contribution >= 4 is 22.0 Å². The molecule has 20 heavy (non-hydrogen) atoms. The standard InChI is InChI=1S/C14H21N3O2S/c1-8(2)19-13-12(16)11(6-15)20-14(13)17-7-10-4-5-18-9(10)3/h8-10,17H,4-5,7,16H2,1-3H3. The minimum atomic E-state index is 0.0210. The number of thiophene rings is 1. The molecule has 0 aromatic carbocycles. The Morgan fingerprint density at radius 3 is 2.90 bits per heavy atom. The third-order valence-corrected chi connectivity index (χ3v) is 4.46. The minimum Gasteiger partial charge on any atom is -0.486 e. The molecule has 1 aliphatic heterocycles. The lowest BCUT2D eigenvalue weighted by Crippen LogP contribution is -2.20. The molecule has 2 heterocycles. The minimum absolute atomic E-state index is 0.0210. The Morgan fingerprint density at radius 1 is 1.60 bits per heavy atom. The van der Waals surface area contributed by atoms with Crippen LogP contribution >= 0.6 is 11.3 Å². The van der Waals surface area contributed by atoms with Gasteiger partial charge in [-0.1, -0.05) is 0 Å². The van der Waals surface area contributed by atoms with Crippen LogP contribution in [0.25, 0.3) is 0 Å². The van der Waals surface area contributed by atoms with Crippen molar-refractivity contribution in [1.82, 2.24) is 0 Å². The third-order valence-electron chi connectivity index (χ3n) is 3.41. The van der Waals surface area contributed by atoms with E-state index in [1.54, 1.807) is 0 Å². The zero-order valence-electron chi connectivity index (χ0n) is 12.1. The van der Waals surface area contributed by atoms with Gasteiger partial charge >= 0.3 is 0 Å². The molecule has 1 aromatic rings. The topological polar surface area (TPSA) is 80.3 Å². The van der Waals surface area contributed by atoms with Crippen LogP contribution in [0.4, 0.5) is 10.7 Å². The molecule has 0 saturated carbocycles. The summed E-state index contributed by atoms with van der Waals surface area (Å²) < 4.78 is 11.3. The smallest absolute Gasteiger partial charge is 0.178 e. The van der Waals surface area contributed by atoms with Gasteiger partial charge in [0.15, 0.2) is 5.75 Å². The predicted octanol–water partition coefficient (Wildman–Crippen LogP) is 2.83. The second-order valence-electron chi connectivity index (χ2n) is 5.29. The van der Waals surface area contributed by atoms with Crippen LogP contribution in [0.15, 0.2) is 0 Å². The number of hydrogen-bond donors (Lipinski definition) is 2. The number of anilines is 2. The Balaban J connectivity index is 2.11. The fourth-order valence-corrected chi connectivity index (χ4v) is 3.11. The highest BCUT2D eigenvalue weighted by atomic mass is 32.1. The lowest BCUT2D eigenvalue weighted by molar-refractivity contribution is 0.108. The summed E-state index contributed by atoms with van der Waals surface area (Å²) in [6.07, 6.45) is 1.35. The highest BCUT2D eigenvalue weighted by Gasteiger charge is 2.25. The Hall–Kier alpha value is -1.45. The van der Waals surface area contributed by atoms with Crippen molar-refractivity contribution in [3.63, 3.8) is 0 Å². The van der Waals surface area contributed by atoms with Crippen molar-refractivity contribution in [2.45, 2.75) is 39.4 Å². The average Bonchev–Trinajstić information content (AvgIpc) is 2.93. The van der Waals surface area contributed by atoms with E-state index in [4.69, 9.17) is 20.5 Å². The second-order valence-corrected chi connectivity index (χ2v) is 6.31. The first-order valence-corrected chi connectivity index (χ1v) is 7.69. The fraction of sp³-hybridized carbons (Fsp3) is 0.643. The van der Waals surface area contributed by atoms with Gasteiger partial charge in [0.2, 0.25) is 0 Å². The first kappa shape index (κ1) is 14.9. The average molecular weight is 295 g/mol. The molecular formula is C14H21N3O2S. The maximum absolute atomic E-state index is 9.09. The number of nitrogens with two attached hydrogens (primary N) is 1. The Kier molecular flexibility index (Phi) is 4.73. The maximum atomic E-state index is 9.09. The number of nitrogens with one attached hydrogen (secondary N) is 1. The number of rotatable bonds is 5. The van der Waals surface area contributed by atoms with Gasteiger partial charge in [0.25, 0.3) is 0 Å². The maximum Gasteiger partial charge on any atom is 0.178 e. The molecule has 1 fully saturated rings. The summed E-state index contributed by atoms with van der Waals surface area (Å²) in [6, 6.07) is 2.11. The van der Waals surface area contributed by atoms with E-state index in [0.717, 1.165) is 24.6 Å². The summed E-state index contributed by atoms with van der Waals surface area (Å²) in [4.78, 5) is 0.499. The molecule has 3 N–H and O–H groups in total. The molecule has 1 aliphatic rings. The highest BCUT2D eigenvalue weighted by Crippen LogP contribution is 2.43. The third kappa shape index (κ3) is 3.17. The van der Waals surface area contributed by atoms with Crippen LogP contribution in [0.5, 0.6) is 5.75 Å². The van der Waals surface area contributed by atoms with Gasteiger partial charge in [0, 0.05) is 19.1 Å². The molecule has 110 valence electrons. The van der Waals surface area contributed by atoms with Gasteiger partial charge in [-0.2, -0.15) is 5.26 Å². The first-order valence-electron chi connectivity index (χ1n) is 6.87. The van der Waals surface area contributed by atoms with Crippen LogP contribution in [0.1, 0.15) is 32.1 Å². The van der Waals surface area contributed by atoms with Gasteiger partial charge in [-0.15, -0.1) is 11.3 Å². The van der Waals surface area contributed by atoms with E-state index in [1.165, 1.54) is 11.3 Å². The Bertz CT molecular complexity index is 507. The van der Waals surface area contributed by atoms with Crippen LogP contribution in [-0.4, -0.2) is 25.4 Å². The van der Waals surface area contributed by atoms with Crippen LogP contribution in [-0.2, 0) is 4.74 Å². The second kappa shape index (κ2) is 6.33. The molecule has 5 nitrogen and oxygen atoms in total. The number of nitrogen functional groups attached to an aromatic ring is 1. The van der Waals surface area contributed by atoms with Crippen molar-refractivity contribution in [1.29, 1.82) is 5.26 Å². The van der Waals surface area contributed by atoms with E-state index in [2.05, 4.69) is 18.3 Å². The normalized spacial score (nSPS) is 21.9. The Morgan fingerprint density at radius 2 is 2.35 bits per heavy atom. The van der Waals surface area contributed by atoms with Crippen LogP contribution < -0.4 is 15.8 Å². The van der Waals surface area contributed by atoms with Crippen LogP contribution in [0.2, 0.25) is 0 Å². The lowest BCUT2D eigenvalue weighted by Gasteiger charge is -2.16. The summed E-state index contributed by atoms with van der Waals surface area (Å²) >= 11 is 1.35. The molecule has 2 rings (SSSR count). The van der Waals surface area contributed by atoms with E-state index in [9.17, 15) is 0 Å². The molecule has 1 saturated heterocycles. The largest absolute Gasteiger partial charge is 0.486 e. The summed E-state index contributed by atoms with van der Waals surface area (Å²) in [6.45, 7) is 7.60. The molecule has 2 unspecified atom stereocenters. The van der Waals surface area contributed by atoms with Gasteiger partial charge in [-0.05, 0) is 27.2 Å². The highest BCUT2D eigenvalue weighted by molar-refractivity contribution is 7.17. The van der Waals surface area contributed by atoms with Crippen molar-refractivity contribution in [3.05, 3.63) is 4.88 Å². The van der Waals surface area contributed by atoms with Crippen LogP contribution in [0, 0.1) is 17.2 Å². The van der Waals surface area contributed by atoms with Crippen molar-refractivity contribution in [3.8, 4) is 11.8 Å². The number of ether oxygens (including phenoxy) is 2. The molecule has 6 heteroatoms.